The van der Waals surface area contributed by atoms with E-state index in [9.17, 15) is 18.0 Å². The van der Waals surface area contributed by atoms with Crippen LogP contribution >= 0.6 is 11.8 Å². The number of amidine groups is 1. The fourth-order valence-electron chi connectivity index (χ4n) is 3.67. The average molecular weight is 462 g/mol. The zero-order chi connectivity index (χ0) is 22.9. The third-order valence-corrected chi connectivity index (χ3v) is 6.47. The van der Waals surface area contributed by atoms with Crippen LogP contribution in [-0.2, 0) is 11.0 Å². The minimum absolute atomic E-state index is 0.0445. The Morgan fingerprint density at radius 3 is 2.47 bits per heavy atom. The summed E-state index contributed by atoms with van der Waals surface area (Å²) >= 11 is 1.32. The molecule has 2 aliphatic heterocycles. The highest BCUT2D eigenvalue weighted by Crippen LogP contribution is 2.41. The van der Waals surface area contributed by atoms with Gasteiger partial charge in [-0.05, 0) is 48.1 Å². The van der Waals surface area contributed by atoms with E-state index in [-0.39, 0.29) is 11.5 Å². The van der Waals surface area contributed by atoms with Gasteiger partial charge in [0.2, 0.25) is 0 Å². The van der Waals surface area contributed by atoms with Crippen LogP contribution in [0.3, 0.4) is 0 Å². The third-order valence-electron chi connectivity index (χ3n) is 5.43. The second kappa shape index (κ2) is 8.99. The molecule has 0 aromatic heterocycles. The second-order valence-corrected chi connectivity index (χ2v) is 8.61. The largest absolute Gasteiger partial charge is 0.496 e. The average Bonchev–Trinajstić information content (AvgIpc) is 3.13. The van der Waals surface area contributed by atoms with E-state index in [0.29, 0.717) is 26.9 Å². The van der Waals surface area contributed by atoms with Crippen molar-refractivity contribution < 1.29 is 22.7 Å². The maximum absolute atomic E-state index is 13.5. The minimum Gasteiger partial charge on any atom is -0.496 e. The van der Waals surface area contributed by atoms with Gasteiger partial charge in [0.25, 0.3) is 5.91 Å². The summed E-state index contributed by atoms with van der Waals surface area (Å²) in [5.41, 5.74) is 0.308. The number of amides is 1. The number of piperazine rings is 1. The smallest absolute Gasteiger partial charge is 0.417 e. The summed E-state index contributed by atoms with van der Waals surface area (Å²) in [6.45, 7) is 3.43. The van der Waals surface area contributed by atoms with Gasteiger partial charge in [0.15, 0.2) is 5.17 Å². The monoisotopic (exact) mass is 461 g/mol. The molecule has 0 bridgehead atoms. The first-order chi connectivity index (χ1) is 15.3. The number of carbonyl (C=O) groups is 1. The molecule has 0 spiro atoms. The molecule has 1 fully saturated rings. The lowest BCUT2D eigenvalue weighted by atomic mass is 9.97. The van der Waals surface area contributed by atoms with Crippen LogP contribution in [0.25, 0.3) is 17.2 Å². The van der Waals surface area contributed by atoms with E-state index in [0.717, 1.165) is 32.2 Å². The number of rotatable bonds is 3. The van der Waals surface area contributed by atoms with Crippen LogP contribution in [0.2, 0.25) is 0 Å². The number of alkyl halides is 3. The molecular weight excluding hydrogens is 439 g/mol. The van der Waals surface area contributed by atoms with E-state index >= 15 is 0 Å². The Morgan fingerprint density at radius 2 is 1.78 bits per heavy atom. The van der Waals surface area contributed by atoms with Crippen LogP contribution in [0.1, 0.15) is 11.1 Å². The van der Waals surface area contributed by atoms with Gasteiger partial charge in [-0.3, -0.25) is 4.79 Å². The number of methoxy groups -OCH3 is 1. The van der Waals surface area contributed by atoms with E-state index < -0.39 is 11.7 Å². The Balaban J connectivity index is 1.60. The molecule has 9 heteroatoms. The van der Waals surface area contributed by atoms with E-state index in [1.165, 1.54) is 31.0 Å². The summed E-state index contributed by atoms with van der Waals surface area (Å²) in [6, 6.07) is 10.3. The molecule has 0 radical (unpaired) electrons. The number of hydrogen-bond donors (Lipinski definition) is 0. The molecule has 2 aliphatic rings. The van der Waals surface area contributed by atoms with Crippen molar-refractivity contribution in [2.75, 3.05) is 40.3 Å². The number of carbonyl (C=O) groups excluding carboxylic acids is 1. The summed E-state index contributed by atoms with van der Waals surface area (Å²) < 4.78 is 45.8. The first-order valence-corrected chi connectivity index (χ1v) is 10.9. The number of aliphatic imine (C=N–C) groups is 1. The number of likely N-dealkylation sites (N-methyl/N-ethyl adjacent to an activating group) is 1. The second-order valence-electron chi connectivity index (χ2n) is 7.60. The van der Waals surface area contributed by atoms with Crippen LogP contribution in [0.4, 0.5) is 13.2 Å². The Hall–Kier alpha value is -2.78. The van der Waals surface area contributed by atoms with Gasteiger partial charge < -0.3 is 14.5 Å². The Labute approximate surface area is 188 Å². The number of nitrogens with zero attached hydrogens (tertiary/aromatic N) is 3. The topological polar surface area (TPSA) is 45.1 Å². The number of hydrogen-bond acceptors (Lipinski definition) is 5. The zero-order valence-electron chi connectivity index (χ0n) is 17.6. The number of thioether (sulfide) groups is 1. The molecule has 4 rings (SSSR count). The lowest BCUT2D eigenvalue weighted by Crippen LogP contribution is -2.46. The van der Waals surface area contributed by atoms with Crippen LogP contribution < -0.4 is 4.74 Å². The summed E-state index contributed by atoms with van der Waals surface area (Å²) in [5.74, 6) is -0.0129. The molecule has 2 aromatic rings. The van der Waals surface area contributed by atoms with Gasteiger partial charge in [-0.25, -0.2) is 0 Å². The minimum atomic E-state index is -4.48. The van der Waals surface area contributed by atoms with Crippen molar-refractivity contribution in [2.24, 2.45) is 4.99 Å². The number of halogens is 3. The molecule has 0 atom stereocenters. The Bertz CT molecular complexity index is 1090. The highest BCUT2D eigenvalue weighted by molar-refractivity contribution is 8.18. The van der Waals surface area contributed by atoms with Gasteiger partial charge in [0, 0.05) is 31.7 Å². The Morgan fingerprint density at radius 1 is 1.06 bits per heavy atom. The fraction of sp³-hybridized carbons (Fsp3) is 0.304. The molecule has 0 unspecified atom stereocenters. The van der Waals surface area contributed by atoms with E-state index in [1.807, 2.05) is 0 Å². The standard InChI is InChI=1S/C23H22F3N3O2S/c1-28-9-11-29(12-10-28)22-27-21(30)20(32-22)14-15-7-8-17(19(13-15)31-2)16-5-3-4-6-18(16)23(24,25)26/h3-8,13-14H,9-12H2,1-2H3/b20-14+. The van der Waals surface area contributed by atoms with Crippen molar-refractivity contribution in [1.29, 1.82) is 0 Å². The maximum atomic E-state index is 13.5. The van der Waals surface area contributed by atoms with Crippen molar-refractivity contribution in [3.8, 4) is 16.9 Å². The third kappa shape index (κ3) is 4.68. The molecule has 168 valence electrons. The SMILES string of the molecule is COc1cc(/C=C2/SC(N3CCN(C)CC3)=NC2=O)ccc1-c1ccccc1C(F)(F)F. The molecule has 32 heavy (non-hydrogen) atoms. The summed E-state index contributed by atoms with van der Waals surface area (Å²) in [5, 5.41) is 0.692. The number of benzene rings is 2. The first kappa shape index (κ1) is 22.4. The van der Waals surface area contributed by atoms with Gasteiger partial charge in [0.1, 0.15) is 5.75 Å². The molecular formula is C23H22F3N3O2S. The fourth-order valence-corrected chi connectivity index (χ4v) is 4.63. The van der Waals surface area contributed by atoms with Crippen LogP contribution in [0.15, 0.2) is 52.4 Å². The highest BCUT2D eigenvalue weighted by Gasteiger charge is 2.34. The van der Waals surface area contributed by atoms with Crippen molar-refractivity contribution in [3.05, 3.63) is 58.5 Å². The molecule has 0 saturated carbocycles. The lowest BCUT2D eigenvalue weighted by molar-refractivity contribution is -0.137. The zero-order valence-corrected chi connectivity index (χ0v) is 18.5. The van der Waals surface area contributed by atoms with Gasteiger partial charge in [-0.2, -0.15) is 18.2 Å². The summed E-state index contributed by atoms with van der Waals surface area (Å²) in [7, 11) is 3.47. The molecule has 2 heterocycles. The highest BCUT2D eigenvalue weighted by atomic mass is 32.2. The molecule has 5 nitrogen and oxygen atoms in total. The van der Waals surface area contributed by atoms with Crippen molar-refractivity contribution in [3.63, 3.8) is 0 Å². The van der Waals surface area contributed by atoms with Gasteiger partial charge >= 0.3 is 6.18 Å². The first-order valence-electron chi connectivity index (χ1n) is 10.1. The normalized spacial score (nSPS) is 18.9. The molecule has 2 aromatic carbocycles. The summed E-state index contributed by atoms with van der Waals surface area (Å²) in [4.78, 5) is 21.4. The predicted molar refractivity (Wildman–Crippen MR) is 121 cm³/mol. The van der Waals surface area contributed by atoms with Crippen LogP contribution in [-0.4, -0.2) is 61.2 Å². The van der Waals surface area contributed by atoms with Crippen LogP contribution in [0.5, 0.6) is 5.75 Å². The van der Waals surface area contributed by atoms with E-state index in [4.69, 9.17) is 4.74 Å². The number of ether oxygens (including phenoxy) is 1. The van der Waals surface area contributed by atoms with Crippen molar-refractivity contribution in [2.45, 2.75) is 6.18 Å². The van der Waals surface area contributed by atoms with Gasteiger partial charge in [-0.1, -0.05) is 30.3 Å². The van der Waals surface area contributed by atoms with Crippen LogP contribution in [0, 0.1) is 0 Å². The molecule has 1 amide bonds. The van der Waals surface area contributed by atoms with E-state index in [1.54, 1.807) is 30.3 Å². The molecule has 0 aliphatic carbocycles. The molecule has 1 saturated heterocycles. The van der Waals surface area contributed by atoms with Gasteiger partial charge in [-0.15, -0.1) is 0 Å². The van der Waals surface area contributed by atoms with Crippen molar-refractivity contribution in [1.82, 2.24) is 9.80 Å². The quantitative estimate of drug-likeness (QED) is 0.626. The van der Waals surface area contributed by atoms with Gasteiger partial charge in [0.05, 0.1) is 17.6 Å². The molecule has 0 N–H and O–H groups in total. The van der Waals surface area contributed by atoms with E-state index in [2.05, 4.69) is 21.8 Å². The summed E-state index contributed by atoms with van der Waals surface area (Å²) in [6.07, 6.45) is -2.78. The predicted octanol–water partition coefficient (Wildman–Crippen LogP) is 4.60. The maximum Gasteiger partial charge on any atom is 0.417 e. The van der Waals surface area contributed by atoms with Crippen molar-refractivity contribution >= 4 is 28.9 Å². The Kier molecular flexibility index (Phi) is 6.30. The lowest BCUT2D eigenvalue weighted by Gasteiger charge is -2.32.